The highest BCUT2D eigenvalue weighted by Crippen LogP contribution is 2.66. The molecule has 3 unspecified atom stereocenters. The zero-order valence-electron chi connectivity index (χ0n) is 26.9. The van der Waals surface area contributed by atoms with Gasteiger partial charge in [-0.25, -0.2) is 4.68 Å². The average Bonchev–Trinajstić information content (AvgIpc) is 3.70. The molecule has 244 valence electrons. The van der Waals surface area contributed by atoms with Gasteiger partial charge in [0.2, 0.25) is 11.8 Å². The number of hydrogen-bond acceptors (Lipinski definition) is 8. The molecular weight excluding hydrogens is 574 g/mol. The van der Waals surface area contributed by atoms with E-state index in [0.29, 0.717) is 24.8 Å². The topological polar surface area (TPSA) is 127 Å². The molecule has 3 saturated heterocycles. The van der Waals surface area contributed by atoms with Crippen molar-refractivity contribution >= 4 is 28.8 Å². The Hall–Kier alpha value is -3.57. The van der Waals surface area contributed by atoms with Gasteiger partial charge in [0.05, 0.1) is 36.3 Å². The summed E-state index contributed by atoms with van der Waals surface area (Å²) in [7, 11) is 0. The summed E-state index contributed by atoms with van der Waals surface area (Å²) in [5.74, 6) is -3.20. The number of ether oxygens (including phenoxy) is 2. The number of rotatable bonds is 15. The number of hydrogen-bond donors (Lipinski definition) is 1. The summed E-state index contributed by atoms with van der Waals surface area (Å²) in [6, 6.07) is 5.78. The summed E-state index contributed by atoms with van der Waals surface area (Å²) in [6.07, 6.45) is 6.92. The van der Waals surface area contributed by atoms with Gasteiger partial charge in [0, 0.05) is 6.54 Å². The molecule has 0 aliphatic carbocycles. The number of aliphatic hydroxyl groups excluding tert-OH is 1. The molecule has 1 aromatic carbocycles. The third kappa shape index (κ3) is 5.37. The van der Waals surface area contributed by atoms with E-state index < -0.39 is 41.1 Å². The number of allylic oxidation sites excluding steroid dienone is 1. The molecule has 0 saturated carbocycles. The molecule has 5 rings (SSSR count). The van der Waals surface area contributed by atoms with Gasteiger partial charge in [0.1, 0.15) is 29.7 Å². The molecule has 45 heavy (non-hydrogen) atoms. The predicted octanol–water partition coefficient (Wildman–Crippen LogP) is 3.72. The molecule has 0 radical (unpaired) electrons. The van der Waals surface area contributed by atoms with E-state index in [1.54, 1.807) is 20.6 Å². The van der Waals surface area contributed by atoms with Crippen molar-refractivity contribution in [1.29, 1.82) is 0 Å². The van der Waals surface area contributed by atoms with Crippen LogP contribution in [0.3, 0.4) is 0 Å². The fraction of sp³-hybridized carbons (Fsp3) is 0.618. The molecule has 8 atom stereocenters. The number of carbonyl (C=O) groups is 3. The highest BCUT2D eigenvalue weighted by molar-refractivity contribution is 5.99. The van der Waals surface area contributed by atoms with Crippen LogP contribution in [-0.2, 0) is 30.5 Å². The Balaban J connectivity index is 1.55. The van der Waals surface area contributed by atoms with E-state index in [4.69, 9.17) is 9.47 Å². The molecular formula is C34H47N5O6. The molecule has 2 amide bonds. The number of benzene rings is 1. The maximum absolute atomic E-state index is 14.9. The Kier molecular flexibility index (Phi) is 9.51. The lowest BCUT2D eigenvalue weighted by molar-refractivity contribution is -0.164. The monoisotopic (exact) mass is 621 g/mol. The highest BCUT2D eigenvalue weighted by atomic mass is 16.6. The lowest BCUT2D eigenvalue weighted by Crippen LogP contribution is -2.60. The molecule has 3 aliphatic heterocycles. The second kappa shape index (κ2) is 13.0. The lowest BCUT2D eigenvalue weighted by Gasteiger charge is -2.41. The van der Waals surface area contributed by atoms with Gasteiger partial charge in [-0.15, -0.1) is 18.3 Å². The van der Waals surface area contributed by atoms with Crippen LogP contribution in [0.15, 0.2) is 49.6 Å². The Morgan fingerprint density at radius 2 is 2.02 bits per heavy atom. The van der Waals surface area contributed by atoms with Gasteiger partial charge in [-0.2, -0.15) is 0 Å². The second-order valence-electron chi connectivity index (χ2n) is 13.1. The van der Waals surface area contributed by atoms with E-state index >= 15 is 0 Å². The van der Waals surface area contributed by atoms with E-state index in [2.05, 4.69) is 23.5 Å². The maximum atomic E-state index is 14.9. The second-order valence-corrected chi connectivity index (χ2v) is 13.1. The minimum Gasteiger partial charge on any atom is -0.465 e. The van der Waals surface area contributed by atoms with Gasteiger partial charge in [0.25, 0.3) is 0 Å². The number of para-hydroxylation sites is 1. The van der Waals surface area contributed by atoms with Gasteiger partial charge in [-0.1, -0.05) is 56.7 Å². The first kappa shape index (κ1) is 32.8. The molecule has 11 heteroatoms. The lowest BCUT2D eigenvalue weighted by atomic mass is 9.62. The van der Waals surface area contributed by atoms with Crippen LogP contribution in [0, 0.1) is 23.7 Å². The molecule has 1 aromatic heterocycles. The number of likely N-dealkylation sites (tertiary alicyclic amines) is 1. The number of esters is 1. The van der Waals surface area contributed by atoms with Crippen molar-refractivity contribution in [3.8, 4) is 0 Å². The van der Waals surface area contributed by atoms with Gasteiger partial charge in [-0.3, -0.25) is 14.4 Å². The third-order valence-corrected chi connectivity index (χ3v) is 10.5. The number of aromatic nitrogens is 3. The maximum Gasteiger partial charge on any atom is 0.312 e. The largest absolute Gasteiger partial charge is 0.465 e. The number of amides is 2. The molecule has 3 fully saturated rings. The summed E-state index contributed by atoms with van der Waals surface area (Å²) in [4.78, 5) is 46.5. The van der Waals surface area contributed by atoms with Gasteiger partial charge in [0.15, 0.2) is 0 Å². The minimum absolute atomic E-state index is 0.0702. The number of carbonyl (C=O) groups excluding carboxylic acids is 3. The Bertz CT molecular complexity index is 1440. The summed E-state index contributed by atoms with van der Waals surface area (Å²) < 4.78 is 14.3. The van der Waals surface area contributed by atoms with Crippen LogP contribution in [0.2, 0.25) is 0 Å². The van der Waals surface area contributed by atoms with Gasteiger partial charge < -0.3 is 24.4 Å². The van der Waals surface area contributed by atoms with E-state index in [0.717, 1.165) is 18.4 Å². The van der Waals surface area contributed by atoms with Crippen molar-refractivity contribution in [2.45, 2.75) is 89.8 Å². The standard InChI is InChI=1S/C34H47N5O6/c1-7-10-11-14-18-44-32(43)28-27-30(41)39(26(20-40)22(4)9-3)29(34(27)19-23(5)33(28,6)45-34)31(42)37(17-8-2)21-38-25-16-13-12-15-24(25)35-36-38/h7-8,12-13,15-16,22-23,26-29,40H,1-2,9-11,14,17-21H2,3-6H3/t22-,23?,26-,27-,28-,29?,33+,34?/m0/s1. The van der Waals surface area contributed by atoms with Crippen LogP contribution < -0.4 is 0 Å². The summed E-state index contributed by atoms with van der Waals surface area (Å²) >= 11 is 0. The number of aliphatic hydroxyl groups is 1. The molecule has 1 N–H and O–H groups in total. The Labute approximate surface area is 265 Å². The van der Waals surface area contributed by atoms with Crippen LogP contribution in [0.1, 0.15) is 59.8 Å². The van der Waals surface area contributed by atoms with Crippen molar-refractivity contribution in [3.05, 3.63) is 49.6 Å². The molecule has 2 aromatic rings. The van der Waals surface area contributed by atoms with Crippen LogP contribution in [0.25, 0.3) is 11.0 Å². The fourth-order valence-corrected chi connectivity index (χ4v) is 7.87. The third-order valence-electron chi connectivity index (χ3n) is 10.5. The SMILES string of the molecule is C=CCCCCOC(=O)[C@@H]1[C@H]2C(=O)N([C@@H](CO)[C@@H](C)CC)C(C(=O)N(CC=C)Cn3nnc4ccccc43)C23CC(C)[C@@]1(C)O3. The first-order chi connectivity index (χ1) is 21.6. The van der Waals surface area contributed by atoms with E-state index in [9.17, 15) is 19.5 Å². The van der Waals surface area contributed by atoms with Crippen molar-refractivity contribution in [2.24, 2.45) is 23.7 Å². The first-order valence-corrected chi connectivity index (χ1v) is 16.2. The zero-order chi connectivity index (χ0) is 32.5. The molecule has 11 nitrogen and oxygen atoms in total. The zero-order valence-corrected chi connectivity index (χ0v) is 26.9. The van der Waals surface area contributed by atoms with Crippen molar-refractivity contribution in [3.63, 3.8) is 0 Å². The quantitative estimate of drug-likeness (QED) is 0.181. The number of unbranched alkanes of at least 4 members (excludes halogenated alkanes) is 2. The highest BCUT2D eigenvalue weighted by Gasteiger charge is 2.81. The van der Waals surface area contributed by atoms with Crippen molar-refractivity contribution < 1.29 is 29.0 Å². The summed E-state index contributed by atoms with van der Waals surface area (Å²) in [5, 5.41) is 19.2. The Morgan fingerprint density at radius 1 is 1.27 bits per heavy atom. The normalized spacial score (nSPS) is 29.9. The molecule has 4 heterocycles. The van der Waals surface area contributed by atoms with Crippen molar-refractivity contribution in [2.75, 3.05) is 19.8 Å². The Morgan fingerprint density at radius 3 is 2.71 bits per heavy atom. The average molecular weight is 622 g/mol. The summed E-state index contributed by atoms with van der Waals surface area (Å²) in [5.41, 5.74) is -0.792. The predicted molar refractivity (Wildman–Crippen MR) is 168 cm³/mol. The first-order valence-electron chi connectivity index (χ1n) is 16.2. The van der Waals surface area contributed by atoms with Crippen molar-refractivity contribution in [1.82, 2.24) is 24.8 Å². The molecule has 3 aliphatic rings. The molecule has 1 spiro atoms. The molecule has 2 bridgehead atoms. The van der Waals surface area contributed by atoms with Crippen LogP contribution in [0.4, 0.5) is 0 Å². The van der Waals surface area contributed by atoms with E-state index in [1.807, 2.05) is 58.0 Å². The number of nitrogens with zero attached hydrogens (tertiary/aromatic N) is 5. The van der Waals surface area contributed by atoms with Crippen LogP contribution >= 0.6 is 0 Å². The smallest absolute Gasteiger partial charge is 0.312 e. The summed E-state index contributed by atoms with van der Waals surface area (Å²) in [6.45, 7) is 15.6. The fourth-order valence-electron chi connectivity index (χ4n) is 7.87. The number of fused-ring (bicyclic) bond motifs is 2. The van der Waals surface area contributed by atoms with Gasteiger partial charge in [-0.05, 0) is 56.6 Å². The minimum atomic E-state index is -1.26. The van der Waals surface area contributed by atoms with E-state index in [-0.39, 0.29) is 50.1 Å². The van der Waals surface area contributed by atoms with Crippen LogP contribution in [-0.4, -0.2) is 90.7 Å². The van der Waals surface area contributed by atoms with Crippen LogP contribution in [0.5, 0.6) is 0 Å². The van der Waals surface area contributed by atoms with E-state index in [1.165, 1.54) is 0 Å². The van der Waals surface area contributed by atoms with Gasteiger partial charge >= 0.3 is 5.97 Å².